The summed E-state index contributed by atoms with van der Waals surface area (Å²) in [6.07, 6.45) is 0. The quantitative estimate of drug-likeness (QED) is 0.650. The van der Waals surface area contributed by atoms with Crippen LogP contribution in [0.15, 0.2) is 48.5 Å². The Morgan fingerprint density at radius 2 is 1.68 bits per heavy atom. The van der Waals surface area contributed by atoms with Gasteiger partial charge in [0.25, 0.3) is 0 Å². The Bertz CT molecular complexity index is 782. The van der Waals surface area contributed by atoms with Crippen LogP contribution < -0.4 is 10.6 Å². The standard InChI is InChI=1S/C20H22N2O3/c1-13-5-4-6-17(11-13)14(2)12-21-19(24)20(25)22-18-9-7-16(8-10-18)15(3)23/h4-11,14H,12H2,1-3H3,(H,21,24)(H,22,25)/t14-/m0/s1. The van der Waals surface area contributed by atoms with Crippen molar-refractivity contribution in [2.24, 2.45) is 0 Å². The van der Waals surface area contributed by atoms with E-state index in [2.05, 4.69) is 16.7 Å². The van der Waals surface area contributed by atoms with E-state index in [4.69, 9.17) is 0 Å². The van der Waals surface area contributed by atoms with Crippen molar-refractivity contribution in [1.82, 2.24) is 5.32 Å². The summed E-state index contributed by atoms with van der Waals surface area (Å²) in [7, 11) is 0. The molecule has 0 radical (unpaired) electrons. The molecule has 25 heavy (non-hydrogen) atoms. The van der Waals surface area contributed by atoms with Gasteiger partial charge in [-0.25, -0.2) is 0 Å². The predicted molar refractivity (Wildman–Crippen MR) is 97.7 cm³/mol. The van der Waals surface area contributed by atoms with Gasteiger partial charge in [-0.2, -0.15) is 0 Å². The lowest BCUT2D eigenvalue weighted by Crippen LogP contribution is -2.37. The molecule has 0 heterocycles. The third kappa shape index (κ3) is 5.28. The van der Waals surface area contributed by atoms with Gasteiger partial charge in [0.15, 0.2) is 5.78 Å². The molecule has 5 heteroatoms. The number of hydrogen-bond acceptors (Lipinski definition) is 3. The molecule has 0 aliphatic heterocycles. The molecular formula is C20H22N2O3. The molecule has 2 rings (SSSR count). The van der Waals surface area contributed by atoms with E-state index in [-0.39, 0.29) is 11.7 Å². The van der Waals surface area contributed by atoms with Crippen molar-refractivity contribution in [3.63, 3.8) is 0 Å². The minimum absolute atomic E-state index is 0.0549. The molecule has 0 saturated carbocycles. The van der Waals surface area contributed by atoms with Crippen LogP contribution in [0.3, 0.4) is 0 Å². The summed E-state index contributed by atoms with van der Waals surface area (Å²) in [5, 5.41) is 5.16. The van der Waals surface area contributed by atoms with E-state index < -0.39 is 11.8 Å². The number of Topliss-reactive ketones (excluding diaryl/α,β-unsaturated/α-hetero) is 1. The normalized spacial score (nSPS) is 11.5. The molecule has 130 valence electrons. The van der Waals surface area contributed by atoms with E-state index in [9.17, 15) is 14.4 Å². The molecule has 0 saturated heterocycles. The van der Waals surface area contributed by atoms with Crippen molar-refractivity contribution in [2.75, 3.05) is 11.9 Å². The Morgan fingerprint density at radius 3 is 2.28 bits per heavy atom. The van der Waals surface area contributed by atoms with Crippen LogP contribution in [0.2, 0.25) is 0 Å². The van der Waals surface area contributed by atoms with Gasteiger partial charge >= 0.3 is 11.8 Å². The fraction of sp³-hybridized carbons (Fsp3) is 0.250. The SMILES string of the molecule is CC(=O)c1ccc(NC(=O)C(=O)NC[C@H](C)c2cccc(C)c2)cc1. The van der Waals surface area contributed by atoms with Crippen LogP contribution >= 0.6 is 0 Å². The van der Waals surface area contributed by atoms with Gasteiger partial charge in [-0.05, 0) is 49.6 Å². The minimum atomic E-state index is -0.730. The number of ketones is 1. The number of anilines is 1. The average Bonchev–Trinajstić information content (AvgIpc) is 2.59. The second-order valence-electron chi connectivity index (χ2n) is 6.11. The Morgan fingerprint density at radius 1 is 1.00 bits per heavy atom. The van der Waals surface area contributed by atoms with Crippen molar-refractivity contribution in [3.05, 3.63) is 65.2 Å². The zero-order valence-electron chi connectivity index (χ0n) is 14.6. The highest BCUT2D eigenvalue weighted by atomic mass is 16.2. The first-order valence-corrected chi connectivity index (χ1v) is 8.13. The first kappa shape index (κ1) is 18.4. The van der Waals surface area contributed by atoms with Gasteiger partial charge in [-0.3, -0.25) is 14.4 Å². The maximum Gasteiger partial charge on any atom is 0.313 e. The lowest BCUT2D eigenvalue weighted by molar-refractivity contribution is -0.136. The van der Waals surface area contributed by atoms with E-state index >= 15 is 0 Å². The molecule has 1 atom stereocenters. The van der Waals surface area contributed by atoms with Crippen LogP contribution in [0.4, 0.5) is 5.69 Å². The van der Waals surface area contributed by atoms with Gasteiger partial charge in [0.2, 0.25) is 0 Å². The number of carbonyl (C=O) groups excluding carboxylic acids is 3. The van der Waals surface area contributed by atoms with Gasteiger partial charge in [0.1, 0.15) is 0 Å². The van der Waals surface area contributed by atoms with E-state index in [0.29, 0.717) is 17.8 Å². The number of benzene rings is 2. The summed E-state index contributed by atoms with van der Waals surface area (Å²) in [6.45, 7) is 5.85. The number of hydrogen-bond donors (Lipinski definition) is 2. The van der Waals surface area contributed by atoms with E-state index in [1.807, 2.05) is 32.0 Å². The number of aryl methyl sites for hydroxylation is 1. The molecule has 2 amide bonds. The molecule has 0 unspecified atom stereocenters. The van der Waals surface area contributed by atoms with Crippen molar-refractivity contribution in [1.29, 1.82) is 0 Å². The summed E-state index contributed by atoms with van der Waals surface area (Å²) in [4.78, 5) is 35.1. The second-order valence-corrected chi connectivity index (χ2v) is 6.11. The van der Waals surface area contributed by atoms with E-state index in [1.54, 1.807) is 24.3 Å². The summed E-state index contributed by atoms with van der Waals surface area (Å²) in [6, 6.07) is 14.5. The number of carbonyl (C=O) groups is 3. The van der Waals surface area contributed by atoms with Gasteiger partial charge in [0, 0.05) is 17.8 Å². The van der Waals surface area contributed by atoms with Crippen molar-refractivity contribution < 1.29 is 14.4 Å². The molecule has 2 aromatic rings. The zero-order chi connectivity index (χ0) is 18.4. The number of nitrogens with one attached hydrogen (secondary N) is 2. The van der Waals surface area contributed by atoms with Crippen LogP contribution in [0.25, 0.3) is 0 Å². The first-order chi connectivity index (χ1) is 11.9. The topological polar surface area (TPSA) is 75.3 Å². The molecule has 0 aliphatic carbocycles. The fourth-order valence-corrected chi connectivity index (χ4v) is 2.40. The molecule has 0 spiro atoms. The number of rotatable bonds is 5. The monoisotopic (exact) mass is 338 g/mol. The maximum atomic E-state index is 11.9. The Hall–Kier alpha value is -2.95. The van der Waals surface area contributed by atoms with Crippen molar-refractivity contribution in [3.8, 4) is 0 Å². The van der Waals surface area contributed by atoms with Crippen LogP contribution in [0.1, 0.15) is 41.3 Å². The lowest BCUT2D eigenvalue weighted by Gasteiger charge is -2.13. The van der Waals surface area contributed by atoms with Crippen LogP contribution in [-0.2, 0) is 9.59 Å². The molecule has 2 aromatic carbocycles. The highest BCUT2D eigenvalue weighted by Crippen LogP contribution is 2.15. The summed E-state index contributed by atoms with van der Waals surface area (Å²) < 4.78 is 0. The minimum Gasteiger partial charge on any atom is -0.347 e. The zero-order valence-corrected chi connectivity index (χ0v) is 14.6. The Labute approximate surface area is 147 Å². The molecule has 0 bridgehead atoms. The van der Waals surface area contributed by atoms with Gasteiger partial charge in [0.05, 0.1) is 0 Å². The molecule has 5 nitrogen and oxygen atoms in total. The summed E-state index contributed by atoms with van der Waals surface area (Å²) in [5.74, 6) is -1.37. The van der Waals surface area contributed by atoms with Gasteiger partial charge < -0.3 is 10.6 Å². The highest BCUT2D eigenvalue weighted by molar-refractivity contribution is 6.39. The molecule has 0 aromatic heterocycles. The average molecular weight is 338 g/mol. The van der Waals surface area contributed by atoms with E-state index in [1.165, 1.54) is 6.92 Å². The Balaban J connectivity index is 1.87. The van der Waals surface area contributed by atoms with Crippen LogP contribution in [0, 0.1) is 6.92 Å². The molecule has 0 fully saturated rings. The lowest BCUT2D eigenvalue weighted by atomic mass is 9.99. The third-order valence-corrected chi connectivity index (χ3v) is 3.94. The van der Waals surface area contributed by atoms with Crippen LogP contribution in [-0.4, -0.2) is 24.1 Å². The van der Waals surface area contributed by atoms with Crippen LogP contribution in [0.5, 0.6) is 0 Å². The fourth-order valence-electron chi connectivity index (χ4n) is 2.40. The largest absolute Gasteiger partial charge is 0.347 e. The summed E-state index contributed by atoms with van der Waals surface area (Å²) in [5.41, 5.74) is 3.29. The maximum absolute atomic E-state index is 11.9. The highest BCUT2D eigenvalue weighted by Gasteiger charge is 2.15. The second kappa shape index (κ2) is 8.24. The summed E-state index contributed by atoms with van der Waals surface area (Å²) >= 11 is 0. The predicted octanol–water partition coefficient (Wildman–Crippen LogP) is 3.06. The van der Waals surface area contributed by atoms with Crippen molar-refractivity contribution in [2.45, 2.75) is 26.7 Å². The number of amides is 2. The molecular weight excluding hydrogens is 316 g/mol. The van der Waals surface area contributed by atoms with Crippen molar-refractivity contribution >= 4 is 23.3 Å². The van der Waals surface area contributed by atoms with Gasteiger partial charge in [-0.1, -0.05) is 36.8 Å². The van der Waals surface area contributed by atoms with Gasteiger partial charge in [-0.15, -0.1) is 0 Å². The molecule has 0 aliphatic rings. The Kier molecular flexibility index (Phi) is 6.06. The molecule has 2 N–H and O–H groups in total. The first-order valence-electron chi connectivity index (χ1n) is 8.13. The smallest absolute Gasteiger partial charge is 0.313 e. The van der Waals surface area contributed by atoms with E-state index in [0.717, 1.165) is 11.1 Å². The third-order valence-electron chi connectivity index (χ3n) is 3.94.